The van der Waals surface area contributed by atoms with Crippen LogP contribution in [0.1, 0.15) is 11.4 Å². The summed E-state index contributed by atoms with van der Waals surface area (Å²) in [5.74, 6) is -0.229. The number of halogens is 2. The van der Waals surface area contributed by atoms with E-state index in [1.54, 1.807) is 25.1 Å². The Kier molecular flexibility index (Phi) is 3.84. The second-order valence-electron chi connectivity index (χ2n) is 3.65. The van der Waals surface area contributed by atoms with Gasteiger partial charge in [-0.2, -0.15) is 0 Å². The number of amides is 1. The van der Waals surface area contributed by atoms with E-state index in [0.717, 1.165) is 0 Å². The number of nitrogens with zero attached hydrogens (tertiary/aromatic N) is 2. The molecule has 18 heavy (non-hydrogen) atoms. The fourth-order valence-electron chi connectivity index (χ4n) is 1.34. The molecule has 0 atom stereocenters. The molecule has 1 aromatic carbocycles. The first-order valence-corrected chi connectivity index (χ1v) is 5.85. The Morgan fingerprint density at radius 2 is 2.11 bits per heavy atom. The van der Waals surface area contributed by atoms with E-state index in [1.807, 2.05) is 0 Å². The molecule has 1 N–H and O–H groups in total. The van der Waals surface area contributed by atoms with Gasteiger partial charge in [-0.05, 0) is 25.1 Å². The van der Waals surface area contributed by atoms with Gasteiger partial charge in [0, 0.05) is 5.69 Å². The fourth-order valence-corrected chi connectivity index (χ4v) is 1.64. The Morgan fingerprint density at radius 3 is 2.72 bits per heavy atom. The van der Waals surface area contributed by atoms with Gasteiger partial charge in [0.15, 0.2) is 0 Å². The van der Waals surface area contributed by atoms with Gasteiger partial charge in [-0.25, -0.2) is 4.63 Å². The Labute approximate surface area is 113 Å². The average molecular weight is 286 g/mol. The summed E-state index contributed by atoms with van der Waals surface area (Å²) < 4.78 is 4.51. The molecular formula is C11H9Cl2N3O2. The highest BCUT2D eigenvalue weighted by Gasteiger charge is 2.11. The molecule has 5 nitrogen and oxygen atoms in total. The van der Waals surface area contributed by atoms with Crippen molar-refractivity contribution in [1.82, 2.24) is 10.3 Å². The molecule has 0 aliphatic heterocycles. The lowest BCUT2D eigenvalue weighted by atomic mass is 10.2. The van der Waals surface area contributed by atoms with Gasteiger partial charge in [-0.1, -0.05) is 33.5 Å². The van der Waals surface area contributed by atoms with Gasteiger partial charge >= 0.3 is 0 Å². The van der Waals surface area contributed by atoms with E-state index >= 15 is 0 Å². The van der Waals surface area contributed by atoms with E-state index in [4.69, 9.17) is 23.2 Å². The molecule has 0 aliphatic carbocycles. The number of hydrogen-bond acceptors (Lipinski definition) is 4. The van der Waals surface area contributed by atoms with E-state index in [-0.39, 0.29) is 12.3 Å². The van der Waals surface area contributed by atoms with Gasteiger partial charge in [0.2, 0.25) is 5.91 Å². The molecule has 0 spiro atoms. The minimum atomic E-state index is -0.229. The summed E-state index contributed by atoms with van der Waals surface area (Å²) in [5, 5.41) is 10.7. The fraction of sp³-hybridized carbons (Fsp3) is 0.182. The maximum atomic E-state index is 11.7. The molecule has 1 heterocycles. The van der Waals surface area contributed by atoms with Crippen LogP contribution in [0.2, 0.25) is 10.0 Å². The van der Waals surface area contributed by atoms with E-state index in [1.165, 1.54) is 0 Å². The highest BCUT2D eigenvalue weighted by atomic mass is 35.5. The van der Waals surface area contributed by atoms with Gasteiger partial charge < -0.3 is 5.32 Å². The van der Waals surface area contributed by atoms with Gasteiger partial charge in [-0.3, -0.25) is 4.79 Å². The third-order valence-electron chi connectivity index (χ3n) is 2.28. The lowest BCUT2D eigenvalue weighted by molar-refractivity contribution is -0.115. The summed E-state index contributed by atoms with van der Waals surface area (Å²) in [4.78, 5) is 11.7. The number of nitrogens with one attached hydrogen (secondary N) is 1. The Bertz CT molecular complexity index is 583. The molecule has 94 valence electrons. The first-order chi connectivity index (χ1) is 8.56. The molecule has 7 heteroatoms. The molecule has 2 aromatic rings. The van der Waals surface area contributed by atoms with Crippen LogP contribution in [0.4, 0.5) is 5.69 Å². The molecule has 0 unspecified atom stereocenters. The maximum Gasteiger partial charge on any atom is 0.230 e. The van der Waals surface area contributed by atoms with Crippen molar-refractivity contribution in [1.29, 1.82) is 0 Å². The van der Waals surface area contributed by atoms with Crippen LogP contribution in [0, 0.1) is 6.92 Å². The number of benzene rings is 1. The highest BCUT2D eigenvalue weighted by Crippen LogP contribution is 2.25. The van der Waals surface area contributed by atoms with Crippen molar-refractivity contribution in [2.24, 2.45) is 0 Å². The largest absolute Gasteiger partial charge is 0.326 e. The van der Waals surface area contributed by atoms with Crippen LogP contribution in [0.5, 0.6) is 0 Å². The minimum absolute atomic E-state index is 0.0928. The van der Waals surface area contributed by atoms with Gasteiger partial charge in [0.1, 0.15) is 11.4 Å². The second-order valence-corrected chi connectivity index (χ2v) is 4.46. The third kappa shape index (κ3) is 3.00. The zero-order valence-corrected chi connectivity index (χ0v) is 10.9. The molecule has 0 fully saturated rings. The number of rotatable bonds is 3. The summed E-state index contributed by atoms with van der Waals surface area (Å²) >= 11 is 11.6. The van der Waals surface area contributed by atoms with Gasteiger partial charge in [0.05, 0.1) is 16.5 Å². The Hall–Kier alpha value is -1.59. The predicted octanol–water partition coefficient (Wildman–Crippen LogP) is 2.87. The summed E-state index contributed by atoms with van der Waals surface area (Å²) in [6.07, 6.45) is 0.0928. The standard InChI is InChI=1S/C11H9Cl2N3O2/c1-6-10(16-18-15-6)5-11(17)14-7-2-3-8(12)9(13)4-7/h2-4H,5H2,1H3,(H,14,17). The van der Waals surface area contributed by atoms with Crippen molar-refractivity contribution in [2.45, 2.75) is 13.3 Å². The molecule has 0 aliphatic rings. The second kappa shape index (κ2) is 5.37. The number of aromatic nitrogens is 2. The normalized spacial score (nSPS) is 10.4. The summed E-state index contributed by atoms with van der Waals surface area (Å²) in [6.45, 7) is 1.72. The smallest absolute Gasteiger partial charge is 0.230 e. The molecule has 2 rings (SSSR count). The van der Waals surface area contributed by atoms with Crippen molar-refractivity contribution < 1.29 is 9.42 Å². The van der Waals surface area contributed by atoms with Crippen LogP contribution in [0.15, 0.2) is 22.8 Å². The number of hydrogen-bond donors (Lipinski definition) is 1. The van der Waals surface area contributed by atoms with E-state index in [2.05, 4.69) is 20.3 Å². The molecule has 1 aromatic heterocycles. The van der Waals surface area contributed by atoms with Crippen molar-refractivity contribution in [3.63, 3.8) is 0 Å². The topological polar surface area (TPSA) is 68.0 Å². The molecule has 0 bridgehead atoms. The highest BCUT2D eigenvalue weighted by molar-refractivity contribution is 6.42. The summed E-state index contributed by atoms with van der Waals surface area (Å²) in [7, 11) is 0. The molecule has 1 amide bonds. The SMILES string of the molecule is Cc1nonc1CC(=O)Nc1ccc(Cl)c(Cl)c1. The van der Waals surface area contributed by atoms with Crippen LogP contribution in [0.3, 0.4) is 0 Å². The molecule has 0 saturated carbocycles. The third-order valence-corrected chi connectivity index (χ3v) is 3.02. The van der Waals surface area contributed by atoms with Crippen molar-refractivity contribution in [3.05, 3.63) is 39.6 Å². The van der Waals surface area contributed by atoms with Crippen molar-refractivity contribution in [3.8, 4) is 0 Å². The molecule has 0 saturated heterocycles. The van der Waals surface area contributed by atoms with Crippen molar-refractivity contribution >= 4 is 34.8 Å². The van der Waals surface area contributed by atoms with Crippen LogP contribution in [-0.2, 0) is 11.2 Å². The van der Waals surface area contributed by atoms with Crippen molar-refractivity contribution in [2.75, 3.05) is 5.32 Å². The number of carbonyl (C=O) groups excluding carboxylic acids is 1. The monoisotopic (exact) mass is 285 g/mol. The lowest BCUT2D eigenvalue weighted by Crippen LogP contribution is -2.15. The predicted molar refractivity (Wildman–Crippen MR) is 67.8 cm³/mol. The summed E-state index contributed by atoms with van der Waals surface area (Å²) in [6, 6.07) is 4.86. The van der Waals surface area contributed by atoms with Crippen LogP contribution >= 0.6 is 23.2 Å². The quantitative estimate of drug-likeness (QED) is 0.942. The average Bonchev–Trinajstić information content (AvgIpc) is 2.70. The van der Waals surface area contributed by atoms with Crippen LogP contribution < -0.4 is 5.32 Å². The Balaban J connectivity index is 2.03. The number of carbonyl (C=O) groups is 1. The zero-order chi connectivity index (χ0) is 13.1. The van der Waals surface area contributed by atoms with Crippen LogP contribution in [0.25, 0.3) is 0 Å². The van der Waals surface area contributed by atoms with E-state index < -0.39 is 0 Å². The van der Waals surface area contributed by atoms with Gasteiger partial charge in [-0.15, -0.1) is 0 Å². The summed E-state index contributed by atoms with van der Waals surface area (Å²) in [5.41, 5.74) is 1.68. The number of anilines is 1. The molecular weight excluding hydrogens is 277 g/mol. The molecule has 0 radical (unpaired) electrons. The first-order valence-electron chi connectivity index (χ1n) is 5.09. The van der Waals surface area contributed by atoms with Gasteiger partial charge in [0.25, 0.3) is 0 Å². The Morgan fingerprint density at radius 1 is 1.33 bits per heavy atom. The zero-order valence-electron chi connectivity index (χ0n) is 9.41. The minimum Gasteiger partial charge on any atom is -0.326 e. The lowest BCUT2D eigenvalue weighted by Gasteiger charge is -2.05. The van der Waals surface area contributed by atoms with E-state index in [0.29, 0.717) is 27.1 Å². The van der Waals surface area contributed by atoms with Crippen LogP contribution in [-0.4, -0.2) is 16.2 Å². The number of aryl methyl sites for hydroxylation is 1. The first kappa shape index (κ1) is 12.9. The van der Waals surface area contributed by atoms with E-state index in [9.17, 15) is 4.79 Å². The maximum absolute atomic E-state index is 11.7.